The molecule has 1 heterocycles. The zero-order valence-electron chi connectivity index (χ0n) is 16.6. The predicted octanol–water partition coefficient (Wildman–Crippen LogP) is 1.51. The molecule has 1 unspecified atom stereocenters. The van der Waals surface area contributed by atoms with E-state index in [0.29, 0.717) is 19.1 Å². The monoisotopic (exact) mass is 371 g/mol. The minimum absolute atomic E-state index is 0.192. The van der Waals surface area contributed by atoms with Gasteiger partial charge in [-0.15, -0.1) is 0 Å². The highest BCUT2D eigenvalue weighted by Gasteiger charge is 2.29. The number of rotatable bonds is 8. The number of guanidine groups is 1. The van der Waals surface area contributed by atoms with Crippen molar-refractivity contribution in [1.29, 1.82) is 0 Å². The molecule has 6 nitrogen and oxygen atoms in total. The number of nitrogens with one attached hydrogen (secondary N) is 3. The summed E-state index contributed by atoms with van der Waals surface area (Å²) in [5, 5.41) is 9.58. The van der Waals surface area contributed by atoms with E-state index in [4.69, 9.17) is 4.99 Å². The number of hydrogen-bond acceptors (Lipinski definition) is 3. The highest BCUT2D eigenvalue weighted by molar-refractivity contribution is 5.81. The number of carbonyl (C=O) groups is 1. The molecular weight excluding hydrogens is 338 g/mol. The van der Waals surface area contributed by atoms with Crippen LogP contribution in [0, 0.1) is 5.92 Å². The average molecular weight is 372 g/mol. The second kappa shape index (κ2) is 9.74. The van der Waals surface area contributed by atoms with Crippen molar-refractivity contribution in [3.05, 3.63) is 35.4 Å². The normalized spacial score (nSPS) is 18.5. The summed E-state index contributed by atoms with van der Waals surface area (Å²) in [5.74, 6) is 1.28. The maximum Gasteiger partial charge on any atom is 0.223 e. The zero-order valence-corrected chi connectivity index (χ0v) is 16.6. The van der Waals surface area contributed by atoms with Crippen molar-refractivity contribution < 1.29 is 4.79 Å². The van der Waals surface area contributed by atoms with Gasteiger partial charge < -0.3 is 16.0 Å². The van der Waals surface area contributed by atoms with Gasteiger partial charge >= 0.3 is 0 Å². The van der Waals surface area contributed by atoms with Gasteiger partial charge in [-0.25, -0.2) is 0 Å². The molecule has 1 saturated carbocycles. The summed E-state index contributed by atoms with van der Waals surface area (Å²) in [6, 6.07) is 9.12. The third-order valence-corrected chi connectivity index (χ3v) is 5.31. The van der Waals surface area contributed by atoms with E-state index in [1.165, 1.54) is 11.1 Å². The highest BCUT2D eigenvalue weighted by atomic mass is 16.2. The Labute approximate surface area is 162 Å². The smallest absolute Gasteiger partial charge is 0.223 e. The van der Waals surface area contributed by atoms with E-state index in [1.54, 1.807) is 0 Å². The lowest BCUT2D eigenvalue weighted by atomic mass is 9.99. The van der Waals surface area contributed by atoms with Crippen LogP contribution in [0.5, 0.6) is 0 Å². The molecule has 1 aliphatic carbocycles. The van der Waals surface area contributed by atoms with Gasteiger partial charge in [0.15, 0.2) is 5.96 Å². The lowest BCUT2D eigenvalue weighted by Gasteiger charge is -2.33. The zero-order chi connectivity index (χ0) is 19.1. The standard InChI is InChI=1S/C21H33N5O/c1-3-22-21(24-12-11-23-20(27)18-8-9-18)25-14-16(2)26-13-10-17-6-4-5-7-19(17)15-26/h4-7,16,18H,3,8-15H2,1-2H3,(H,23,27)(H2,22,24,25). The number of carbonyl (C=O) groups excluding carboxylic acids is 1. The van der Waals surface area contributed by atoms with Crippen molar-refractivity contribution in [2.24, 2.45) is 10.9 Å². The van der Waals surface area contributed by atoms with E-state index in [0.717, 1.165) is 51.4 Å². The van der Waals surface area contributed by atoms with Crippen molar-refractivity contribution in [3.8, 4) is 0 Å². The Kier molecular flexibility index (Phi) is 7.10. The Morgan fingerprint density at radius 2 is 1.93 bits per heavy atom. The topological polar surface area (TPSA) is 68.8 Å². The minimum atomic E-state index is 0.192. The van der Waals surface area contributed by atoms with Crippen LogP contribution >= 0.6 is 0 Å². The Hall–Kier alpha value is -2.08. The predicted molar refractivity (Wildman–Crippen MR) is 110 cm³/mol. The van der Waals surface area contributed by atoms with Crippen LogP contribution in [0.15, 0.2) is 29.3 Å². The maximum atomic E-state index is 11.7. The number of aliphatic imine (C=N–C) groups is 1. The third-order valence-electron chi connectivity index (χ3n) is 5.31. The lowest BCUT2D eigenvalue weighted by molar-refractivity contribution is -0.122. The first-order valence-electron chi connectivity index (χ1n) is 10.3. The summed E-state index contributed by atoms with van der Waals surface area (Å²) >= 11 is 0. The molecule has 148 valence electrons. The summed E-state index contributed by atoms with van der Waals surface area (Å²) in [4.78, 5) is 18.9. The van der Waals surface area contributed by atoms with E-state index in [2.05, 4.69) is 59.0 Å². The summed E-state index contributed by atoms with van der Waals surface area (Å²) in [5.41, 5.74) is 2.92. The first-order valence-corrected chi connectivity index (χ1v) is 10.3. The molecule has 1 aliphatic heterocycles. The van der Waals surface area contributed by atoms with Gasteiger partial charge in [0.25, 0.3) is 0 Å². The van der Waals surface area contributed by atoms with Crippen LogP contribution in [-0.2, 0) is 17.8 Å². The molecule has 1 aromatic carbocycles. The van der Waals surface area contributed by atoms with Crippen molar-refractivity contribution in [3.63, 3.8) is 0 Å². The summed E-state index contributed by atoms with van der Waals surface area (Å²) in [6.45, 7) is 9.31. The van der Waals surface area contributed by atoms with Gasteiger partial charge in [0.05, 0.1) is 6.54 Å². The molecule has 3 rings (SSSR count). The van der Waals surface area contributed by atoms with Crippen molar-refractivity contribution in [2.45, 2.75) is 45.7 Å². The SMILES string of the molecule is CCNC(=NCC(C)N1CCc2ccccc2C1)NCCNC(=O)C1CC1. The van der Waals surface area contributed by atoms with Gasteiger partial charge in [0.2, 0.25) is 5.91 Å². The van der Waals surface area contributed by atoms with Crippen molar-refractivity contribution >= 4 is 11.9 Å². The largest absolute Gasteiger partial charge is 0.357 e. The average Bonchev–Trinajstić information content (AvgIpc) is 3.53. The molecule has 2 aliphatic rings. The van der Waals surface area contributed by atoms with Gasteiger partial charge in [-0.1, -0.05) is 24.3 Å². The molecule has 0 spiro atoms. The van der Waals surface area contributed by atoms with Crippen LogP contribution in [-0.4, -0.2) is 55.5 Å². The Bertz CT molecular complexity index is 656. The molecule has 0 radical (unpaired) electrons. The maximum absolute atomic E-state index is 11.7. The molecule has 0 aromatic heterocycles. The third kappa shape index (κ3) is 5.96. The van der Waals surface area contributed by atoms with E-state index in [1.807, 2.05) is 0 Å². The van der Waals surface area contributed by atoms with Gasteiger partial charge in [-0.2, -0.15) is 0 Å². The van der Waals surface area contributed by atoms with Crippen LogP contribution in [0.1, 0.15) is 37.8 Å². The van der Waals surface area contributed by atoms with Crippen LogP contribution in [0.2, 0.25) is 0 Å². The number of fused-ring (bicyclic) bond motifs is 1. The molecule has 27 heavy (non-hydrogen) atoms. The molecular formula is C21H33N5O. The summed E-state index contributed by atoms with van der Waals surface area (Å²) < 4.78 is 0. The summed E-state index contributed by atoms with van der Waals surface area (Å²) in [6.07, 6.45) is 3.20. The van der Waals surface area contributed by atoms with Gasteiger partial charge in [-0.05, 0) is 44.2 Å². The first kappa shape index (κ1) is 19.7. The van der Waals surface area contributed by atoms with Crippen LogP contribution in [0.3, 0.4) is 0 Å². The van der Waals surface area contributed by atoms with Gasteiger partial charge in [0, 0.05) is 44.7 Å². The Balaban J connectivity index is 1.43. The molecule has 1 atom stereocenters. The first-order chi connectivity index (χ1) is 13.2. The molecule has 1 aromatic rings. The fourth-order valence-electron chi connectivity index (χ4n) is 3.43. The fraction of sp³-hybridized carbons (Fsp3) is 0.619. The molecule has 0 saturated heterocycles. The van der Waals surface area contributed by atoms with E-state index in [-0.39, 0.29) is 11.8 Å². The van der Waals surface area contributed by atoms with Gasteiger partial charge in [-0.3, -0.25) is 14.7 Å². The number of hydrogen-bond donors (Lipinski definition) is 3. The molecule has 0 bridgehead atoms. The van der Waals surface area contributed by atoms with E-state index in [9.17, 15) is 4.79 Å². The van der Waals surface area contributed by atoms with Crippen LogP contribution in [0.4, 0.5) is 0 Å². The lowest BCUT2D eigenvalue weighted by Crippen LogP contribution is -2.43. The van der Waals surface area contributed by atoms with Crippen LogP contribution in [0.25, 0.3) is 0 Å². The van der Waals surface area contributed by atoms with Gasteiger partial charge in [0.1, 0.15) is 0 Å². The highest BCUT2D eigenvalue weighted by Crippen LogP contribution is 2.28. The Morgan fingerprint density at radius 3 is 2.67 bits per heavy atom. The van der Waals surface area contributed by atoms with Crippen LogP contribution < -0.4 is 16.0 Å². The second-order valence-corrected chi connectivity index (χ2v) is 7.55. The fourth-order valence-corrected chi connectivity index (χ4v) is 3.43. The number of amides is 1. The summed E-state index contributed by atoms with van der Waals surface area (Å²) in [7, 11) is 0. The van der Waals surface area contributed by atoms with E-state index >= 15 is 0 Å². The van der Waals surface area contributed by atoms with Crippen molar-refractivity contribution in [2.75, 3.05) is 32.7 Å². The minimum Gasteiger partial charge on any atom is -0.357 e. The second-order valence-electron chi connectivity index (χ2n) is 7.55. The Morgan fingerprint density at radius 1 is 1.19 bits per heavy atom. The quantitative estimate of drug-likeness (QED) is 0.368. The molecule has 6 heteroatoms. The van der Waals surface area contributed by atoms with E-state index < -0.39 is 0 Å². The molecule has 1 fully saturated rings. The molecule has 1 amide bonds. The van der Waals surface area contributed by atoms with Crippen molar-refractivity contribution in [1.82, 2.24) is 20.9 Å². The number of nitrogens with zero attached hydrogens (tertiary/aromatic N) is 2. The number of benzene rings is 1. The molecule has 3 N–H and O–H groups in total.